The molecule has 0 unspecified atom stereocenters. The Hall–Kier alpha value is -0.330. The Labute approximate surface area is 55.4 Å². The summed E-state index contributed by atoms with van der Waals surface area (Å²) in [4.78, 5) is 11.0. The number of ketones is 1. The maximum atomic E-state index is 11.0. The van der Waals surface area contributed by atoms with Gasteiger partial charge in [0.2, 0.25) is 0 Å². The topological polar surface area (TPSA) is 17.1 Å². The highest BCUT2D eigenvalue weighted by Gasteiger charge is 2.42. The smallest absolute Gasteiger partial charge is 0.136 e. The molecule has 2 bridgehead atoms. The third kappa shape index (κ3) is 0.637. The van der Waals surface area contributed by atoms with Gasteiger partial charge in [0.1, 0.15) is 5.78 Å². The Morgan fingerprint density at radius 1 is 1.44 bits per heavy atom. The molecule has 50 valence electrons. The van der Waals surface area contributed by atoms with Crippen molar-refractivity contribution < 1.29 is 4.79 Å². The highest BCUT2D eigenvalue weighted by Crippen LogP contribution is 2.45. The van der Waals surface area contributed by atoms with Gasteiger partial charge >= 0.3 is 0 Å². The average molecular weight is 124 g/mol. The van der Waals surface area contributed by atoms with Gasteiger partial charge in [0, 0.05) is 12.3 Å². The molecule has 0 N–H and O–H groups in total. The molecule has 9 heavy (non-hydrogen) atoms. The third-order valence-corrected chi connectivity index (χ3v) is 2.88. The summed E-state index contributed by atoms with van der Waals surface area (Å²) in [5.41, 5.74) is 0. The number of carbonyl (C=O) groups excluding carboxylic acids is 1. The van der Waals surface area contributed by atoms with Crippen molar-refractivity contribution in [2.24, 2.45) is 17.8 Å². The van der Waals surface area contributed by atoms with E-state index in [1.165, 1.54) is 12.8 Å². The molecule has 2 aliphatic rings. The number of carbonyl (C=O) groups is 1. The zero-order chi connectivity index (χ0) is 6.43. The molecule has 0 aromatic carbocycles. The van der Waals surface area contributed by atoms with Gasteiger partial charge in [-0.2, -0.15) is 0 Å². The zero-order valence-corrected chi connectivity index (χ0v) is 5.76. The molecule has 0 aromatic rings. The van der Waals surface area contributed by atoms with Gasteiger partial charge in [-0.3, -0.25) is 4.79 Å². The molecule has 0 amide bonds. The van der Waals surface area contributed by atoms with E-state index in [9.17, 15) is 4.79 Å². The molecule has 1 nitrogen and oxygen atoms in total. The van der Waals surface area contributed by atoms with Crippen molar-refractivity contribution in [3.8, 4) is 0 Å². The van der Waals surface area contributed by atoms with Gasteiger partial charge in [-0.15, -0.1) is 0 Å². The van der Waals surface area contributed by atoms with Crippen LogP contribution in [0.4, 0.5) is 0 Å². The van der Waals surface area contributed by atoms with Crippen LogP contribution in [0.5, 0.6) is 0 Å². The monoisotopic (exact) mass is 124 g/mol. The Kier molecular flexibility index (Phi) is 0.961. The van der Waals surface area contributed by atoms with Gasteiger partial charge in [-0.25, -0.2) is 0 Å². The summed E-state index contributed by atoms with van der Waals surface area (Å²) in [6, 6.07) is 0. The van der Waals surface area contributed by atoms with Crippen LogP contribution in [0.15, 0.2) is 0 Å². The molecule has 1 heteroatoms. The van der Waals surface area contributed by atoms with Crippen LogP contribution in [-0.4, -0.2) is 5.78 Å². The Morgan fingerprint density at radius 2 is 2.22 bits per heavy atom. The van der Waals surface area contributed by atoms with Gasteiger partial charge in [0.05, 0.1) is 0 Å². The summed E-state index contributed by atoms with van der Waals surface area (Å²) < 4.78 is 0. The fraction of sp³-hybridized carbons (Fsp3) is 0.875. The van der Waals surface area contributed by atoms with Crippen LogP contribution in [0.2, 0.25) is 0 Å². The summed E-state index contributed by atoms with van der Waals surface area (Å²) in [7, 11) is 0. The molecule has 0 spiro atoms. The van der Waals surface area contributed by atoms with E-state index in [2.05, 4.69) is 6.92 Å². The predicted octanol–water partition coefficient (Wildman–Crippen LogP) is 1.62. The van der Waals surface area contributed by atoms with Crippen molar-refractivity contribution in [1.82, 2.24) is 0 Å². The number of Topliss-reactive ketones (excluding diaryl/α,β-unsaturated/α-hetero) is 1. The average Bonchev–Trinajstić information content (AvgIpc) is 2.22. The normalized spacial score (nSPS) is 48.6. The molecule has 0 aromatic heterocycles. The zero-order valence-electron chi connectivity index (χ0n) is 5.76. The highest BCUT2D eigenvalue weighted by molar-refractivity contribution is 5.84. The first kappa shape index (κ1) is 5.45. The van der Waals surface area contributed by atoms with Crippen LogP contribution in [0.25, 0.3) is 0 Å². The summed E-state index contributed by atoms with van der Waals surface area (Å²) in [5.74, 6) is 2.49. The van der Waals surface area contributed by atoms with E-state index in [0.29, 0.717) is 17.6 Å². The predicted molar refractivity (Wildman–Crippen MR) is 35.0 cm³/mol. The van der Waals surface area contributed by atoms with E-state index in [0.717, 1.165) is 12.3 Å². The van der Waals surface area contributed by atoms with Crippen LogP contribution in [0, 0.1) is 17.8 Å². The van der Waals surface area contributed by atoms with Gasteiger partial charge < -0.3 is 0 Å². The minimum atomic E-state index is 0.468. The fourth-order valence-corrected chi connectivity index (χ4v) is 2.43. The second-order valence-corrected chi connectivity index (χ2v) is 3.59. The second-order valence-electron chi connectivity index (χ2n) is 3.59. The third-order valence-electron chi connectivity index (χ3n) is 2.88. The van der Waals surface area contributed by atoms with Crippen molar-refractivity contribution in [1.29, 1.82) is 0 Å². The largest absolute Gasteiger partial charge is 0.299 e. The van der Waals surface area contributed by atoms with Crippen molar-refractivity contribution in [2.45, 2.75) is 26.2 Å². The Balaban J connectivity index is 2.21. The fourth-order valence-electron chi connectivity index (χ4n) is 2.43. The lowest BCUT2D eigenvalue weighted by Gasteiger charge is -2.14. The number of rotatable bonds is 0. The van der Waals surface area contributed by atoms with Crippen LogP contribution in [0.3, 0.4) is 0 Å². The maximum absolute atomic E-state index is 11.0. The van der Waals surface area contributed by atoms with Gasteiger partial charge in [-0.1, -0.05) is 6.92 Å². The first-order chi connectivity index (χ1) is 4.27. The van der Waals surface area contributed by atoms with Crippen LogP contribution >= 0.6 is 0 Å². The van der Waals surface area contributed by atoms with Crippen molar-refractivity contribution in [3.05, 3.63) is 0 Å². The van der Waals surface area contributed by atoms with E-state index < -0.39 is 0 Å². The van der Waals surface area contributed by atoms with E-state index in [-0.39, 0.29) is 0 Å². The molecule has 0 saturated heterocycles. The van der Waals surface area contributed by atoms with Crippen LogP contribution < -0.4 is 0 Å². The minimum Gasteiger partial charge on any atom is -0.299 e. The summed E-state index contributed by atoms with van der Waals surface area (Å²) in [6.07, 6.45) is 3.42. The highest BCUT2D eigenvalue weighted by atomic mass is 16.1. The molecular formula is C8H12O. The molecule has 0 aliphatic heterocycles. The number of hydrogen-bond donors (Lipinski definition) is 0. The Morgan fingerprint density at radius 3 is 2.56 bits per heavy atom. The molecule has 2 rings (SSSR count). The van der Waals surface area contributed by atoms with Gasteiger partial charge in [-0.05, 0) is 24.7 Å². The lowest BCUT2D eigenvalue weighted by molar-refractivity contribution is -0.123. The molecule has 2 fully saturated rings. The van der Waals surface area contributed by atoms with Crippen LogP contribution in [-0.2, 0) is 4.79 Å². The number of hydrogen-bond acceptors (Lipinski definition) is 1. The molecule has 2 aliphatic carbocycles. The van der Waals surface area contributed by atoms with E-state index in [4.69, 9.17) is 0 Å². The quantitative estimate of drug-likeness (QED) is 0.479. The van der Waals surface area contributed by atoms with Crippen molar-refractivity contribution in [3.63, 3.8) is 0 Å². The maximum Gasteiger partial charge on any atom is 0.136 e. The molecule has 3 atom stereocenters. The summed E-state index contributed by atoms with van der Waals surface area (Å²) >= 11 is 0. The van der Waals surface area contributed by atoms with Crippen molar-refractivity contribution >= 4 is 5.78 Å². The minimum absolute atomic E-state index is 0.468. The van der Waals surface area contributed by atoms with E-state index in [1.54, 1.807) is 0 Å². The lowest BCUT2D eigenvalue weighted by atomic mass is 9.90. The molecule has 0 radical (unpaired) electrons. The first-order valence-electron chi connectivity index (χ1n) is 3.80. The first-order valence-corrected chi connectivity index (χ1v) is 3.80. The van der Waals surface area contributed by atoms with E-state index in [1.807, 2.05) is 0 Å². The van der Waals surface area contributed by atoms with Crippen LogP contribution in [0.1, 0.15) is 26.2 Å². The molecule has 2 saturated carbocycles. The summed E-state index contributed by atoms with van der Waals surface area (Å²) in [5, 5.41) is 0. The molecule has 0 heterocycles. The molecular weight excluding hydrogens is 112 g/mol. The summed E-state index contributed by atoms with van der Waals surface area (Å²) in [6.45, 7) is 2.21. The van der Waals surface area contributed by atoms with Crippen molar-refractivity contribution in [2.75, 3.05) is 0 Å². The Bertz CT molecular complexity index is 151. The SMILES string of the molecule is C[C@H]1C[C@@H]2CC(=O)[C@H]1C2. The number of fused-ring (bicyclic) bond motifs is 2. The standard InChI is InChI=1S/C8H12O/c1-5-2-6-3-7(5)8(9)4-6/h5-7H,2-4H2,1H3/t5-,6-,7-/m0/s1. The second kappa shape index (κ2) is 1.59. The lowest BCUT2D eigenvalue weighted by Crippen LogP contribution is -2.16. The van der Waals surface area contributed by atoms with Gasteiger partial charge in [0.25, 0.3) is 0 Å². The van der Waals surface area contributed by atoms with E-state index >= 15 is 0 Å². The van der Waals surface area contributed by atoms with Gasteiger partial charge in [0.15, 0.2) is 0 Å².